The lowest BCUT2D eigenvalue weighted by molar-refractivity contribution is 0.0470. The summed E-state index contributed by atoms with van der Waals surface area (Å²) in [6.45, 7) is 2.52. The molecule has 6 heteroatoms. The zero-order chi connectivity index (χ0) is 22.5. The molecule has 168 valence electrons. The fourth-order valence-corrected chi connectivity index (χ4v) is 4.43. The Morgan fingerprint density at radius 3 is 2.18 bits per heavy atom. The molecule has 1 saturated heterocycles. The number of likely N-dealkylation sites (tertiary alicyclic amines) is 1. The van der Waals surface area contributed by atoms with Gasteiger partial charge in [-0.05, 0) is 36.1 Å². The second kappa shape index (κ2) is 9.88. The highest BCUT2D eigenvalue weighted by molar-refractivity contribution is 5.74. The molecule has 1 fully saturated rings. The largest absolute Gasteiger partial charge is 0.446 e. The maximum absolute atomic E-state index is 12.8. The number of carbonyl (C=O) groups excluding carboxylic acids is 1. The number of H-pyrrole nitrogens is 1. The van der Waals surface area contributed by atoms with Crippen LogP contribution in [0.25, 0.3) is 11.0 Å². The van der Waals surface area contributed by atoms with Crippen molar-refractivity contribution in [1.82, 2.24) is 20.2 Å². The number of aromatic nitrogens is 2. The van der Waals surface area contributed by atoms with Crippen LogP contribution < -0.4 is 5.32 Å². The van der Waals surface area contributed by atoms with Gasteiger partial charge in [0.25, 0.3) is 0 Å². The monoisotopic (exact) mass is 440 g/mol. The Hall–Kier alpha value is -3.64. The summed E-state index contributed by atoms with van der Waals surface area (Å²) in [7, 11) is 0. The van der Waals surface area contributed by atoms with Crippen LogP contribution in [0, 0.1) is 0 Å². The van der Waals surface area contributed by atoms with Gasteiger partial charge in [-0.15, -0.1) is 0 Å². The minimum atomic E-state index is -0.372. The van der Waals surface area contributed by atoms with Crippen molar-refractivity contribution in [3.05, 3.63) is 102 Å². The minimum Gasteiger partial charge on any atom is -0.446 e. The van der Waals surface area contributed by atoms with Crippen molar-refractivity contribution in [2.75, 3.05) is 13.1 Å². The second-order valence-corrected chi connectivity index (χ2v) is 8.48. The van der Waals surface area contributed by atoms with Crippen LogP contribution in [-0.4, -0.2) is 40.2 Å². The molecule has 0 atom stereocenters. The lowest BCUT2D eigenvalue weighted by atomic mass is 9.99. The van der Waals surface area contributed by atoms with Crippen LogP contribution in [0.2, 0.25) is 0 Å². The first kappa shape index (κ1) is 21.2. The summed E-state index contributed by atoms with van der Waals surface area (Å²) < 4.78 is 5.81. The van der Waals surface area contributed by atoms with E-state index in [2.05, 4.69) is 20.2 Å². The zero-order valence-corrected chi connectivity index (χ0v) is 18.5. The first-order chi connectivity index (χ1) is 16.2. The van der Waals surface area contributed by atoms with Gasteiger partial charge >= 0.3 is 6.09 Å². The van der Waals surface area contributed by atoms with Crippen molar-refractivity contribution in [2.24, 2.45) is 0 Å². The molecular formula is C27H28N4O2. The summed E-state index contributed by atoms with van der Waals surface area (Å²) in [6.07, 6.45) is 1.18. The first-order valence-electron chi connectivity index (χ1n) is 11.5. The number of hydrogen-bond donors (Lipinski definition) is 2. The molecule has 4 aromatic rings. The molecule has 0 spiro atoms. The summed E-state index contributed by atoms with van der Waals surface area (Å²) in [6, 6.07) is 27.8. The molecule has 3 aromatic carbocycles. The van der Waals surface area contributed by atoms with Gasteiger partial charge < -0.3 is 15.0 Å². The van der Waals surface area contributed by atoms with E-state index in [9.17, 15) is 4.79 Å². The van der Waals surface area contributed by atoms with E-state index in [4.69, 9.17) is 4.74 Å². The number of alkyl carbamates (subject to hydrolysis) is 1. The second-order valence-electron chi connectivity index (χ2n) is 8.48. The van der Waals surface area contributed by atoms with Gasteiger partial charge in [0.05, 0.1) is 23.6 Å². The van der Waals surface area contributed by atoms with Crippen LogP contribution in [0.5, 0.6) is 0 Å². The highest BCUT2D eigenvalue weighted by atomic mass is 16.6. The Balaban J connectivity index is 1.16. The molecule has 1 aliphatic heterocycles. The van der Waals surface area contributed by atoms with Crippen molar-refractivity contribution in [1.29, 1.82) is 0 Å². The molecule has 0 unspecified atom stereocenters. The molecule has 33 heavy (non-hydrogen) atoms. The number of benzene rings is 3. The number of piperidine rings is 1. The van der Waals surface area contributed by atoms with E-state index in [1.165, 1.54) is 0 Å². The highest BCUT2D eigenvalue weighted by Crippen LogP contribution is 2.23. The number of nitrogens with zero attached hydrogens (tertiary/aromatic N) is 2. The van der Waals surface area contributed by atoms with Crippen LogP contribution in [0.15, 0.2) is 84.9 Å². The fraction of sp³-hybridized carbons (Fsp3) is 0.259. The van der Waals surface area contributed by atoms with Crippen molar-refractivity contribution in [3.63, 3.8) is 0 Å². The number of imidazole rings is 1. The minimum absolute atomic E-state index is 0.0795. The molecule has 1 amide bonds. The summed E-state index contributed by atoms with van der Waals surface area (Å²) in [5, 5.41) is 3.07. The third kappa shape index (κ3) is 5.23. The number of rotatable bonds is 6. The van der Waals surface area contributed by atoms with Crippen LogP contribution in [0.3, 0.4) is 0 Å². The molecule has 6 nitrogen and oxygen atoms in total. The van der Waals surface area contributed by atoms with E-state index in [-0.39, 0.29) is 18.2 Å². The van der Waals surface area contributed by atoms with E-state index in [0.717, 1.165) is 60.5 Å². The number of aromatic amines is 1. The molecule has 2 heterocycles. The van der Waals surface area contributed by atoms with Gasteiger partial charge in [0, 0.05) is 13.1 Å². The van der Waals surface area contributed by atoms with Crippen LogP contribution >= 0.6 is 0 Å². The van der Waals surface area contributed by atoms with Crippen molar-refractivity contribution in [3.8, 4) is 0 Å². The van der Waals surface area contributed by atoms with Gasteiger partial charge in [0.15, 0.2) is 0 Å². The van der Waals surface area contributed by atoms with Gasteiger partial charge in [0.1, 0.15) is 11.9 Å². The van der Waals surface area contributed by atoms with E-state index in [0.29, 0.717) is 0 Å². The number of hydrogen-bond acceptors (Lipinski definition) is 4. The maximum Gasteiger partial charge on any atom is 0.408 e. The molecule has 1 aromatic heterocycles. The Kier molecular flexibility index (Phi) is 6.35. The molecule has 0 radical (unpaired) electrons. The molecule has 2 N–H and O–H groups in total. The van der Waals surface area contributed by atoms with E-state index in [1.807, 2.05) is 84.9 Å². The topological polar surface area (TPSA) is 70.2 Å². The SMILES string of the molecule is O=C(NC(c1ccccc1)c1ccccc1)OC1CCN(Cc2nc3ccccc3[nH]2)CC1. The smallest absolute Gasteiger partial charge is 0.408 e. The molecule has 5 rings (SSSR count). The quantitative estimate of drug-likeness (QED) is 0.441. The molecule has 0 bridgehead atoms. The van der Waals surface area contributed by atoms with Crippen LogP contribution in [0.4, 0.5) is 4.79 Å². The Morgan fingerprint density at radius 2 is 1.55 bits per heavy atom. The number of carbonyl (C=O) groups is 1. The maximum atomic E-state index is 12.8. The van der Waals surface area contributed by atoms with Gasteiger partial charge in [0.2, 0.25) is 0 Å². The Labute approximate surface area is 193 Å². The van der Waals surface area contributed by atoms with Gasteiger partial charge in [-0.25, -0.2) is 9.78 Å². The van der Waals surface area contributed by atoms with E-state index < -0.39 is 0 Å². The predicted octanol–water partition coefficient (Wildman–Crippen LogP) is 5.04. The Morgan fingerprint density at radius 1 is 0.939 bits per heavy atom. The van der Waals surface area contributed by atoms with Crippen molar-refractivity contribution >= 4 is 17.1 Å². The Bertz CT molecular complexity index is 1110. The average Bonchev–Trinajstić information content (AvgIpc) is 3.27. The normalized spacial score (nSPS) is 15.1. The standard InChI is InChI=1S/C27H28N4O2/c32-27(30-26(20-9-3-1-4-10-20)21-11-5-2-6-12-21)33-22-15-17-31(18-16-22)19-25-28-23-13-7-8-14-24(23)29-25/h1-14,22,26H,15-19H2,(H,28,29)(H,30,32). The number of para-hydroxylation sites is 2. The van der Waals surface area contributed by atoms with Crippen molar-refractivity contribution < 1.29 is 9.53 Å². The number of ether oxygens (including phenoxy) is 1. The van der Waals surface area contributed by atoms with Crippen molar-refractivity contribution in [2.45, 2.75) is 31.5 Å². The third-order valence-corrected chi connectivity index (χ3v) is 6.15. The lowest BCUT2D eigenvalue weighted by Gasteiger charge is -2.31. The van der Waals surface area contributed by atoms with E-state index in [1.54, 1.807) is 0 Å². The average molecular weight is 441 g/mol. The third-order valence-electron chi connectivity index (χ3n) is 6.15. The predicted molar refractivity (Wildman–Crippen MR) is 129 cm³/mol. The summed E-state index contributed by atoms with van der Waals surface area (Å²) >= 11 is 0. The number of fused-ring (bicyclic) bond motifs is 1. The zero-order valence-electron chi connectivity index (χ0n) is 18.5. The molecule has 0 saturated carbocycles. The summed E-state index contributed by atoms with van der Waals surface area (Å²) in [4.78, 5) is 23.2. The van der Waals surface area contributed by atoms with Gasteiger partial charge in [-0.3, -0.25) is 4.90 Å². The van der Waals surface area contributed by atoms with E-state index >= 15 is 0 Å². The fourth-order valence-electron chi connectivity index (χ4n) is 4.43. The summed E-state index contributed by atoms with van der Waals surface area (Å²) in [5.74, 6) is 0.974. The van der Waals surface area contributed by atoms with Crippen LogP contribution in [-0.2, 0) is 11.3 Å². The molecular weight excluding hydrogens is 412 g/mol. The summed E-state index contributed by atoms with van der Waals surface area (Å²) in [5.41, 5.74) is 4.12. The highest BCUT2D eigenvalue weighted by Gasteiger charge is 2.25. The first-order valence-corrected chi connectivity index (χ1v) is 11.5. The molecule has 0 aliphatic carbocycles. The number of nitrogens with one attached hydrogen (secondary N) is 2. The molecule has 1 aliphatic rings. The number of amides is 1. The van der Waals surface area contributed by atoms with Gasteiger partial charge in [-0.1, -0.05) is 72.8 Å². The van der Waals surface area contributed by atoms with Gasteiger partial charge in [-0.2, -0.15) is 0 Å². The lowest BCUT2D eigenvalue weighted by Crippen LogP contribution is -2.40. The van der Waals surface area contributed by atoms with Crippen LogP contribution in [0.1, 0.15) is 35.8 Å².